The molecule has 0 saturated heterocycles. The lowest BCUT2D eigenvalue weighted by Crippen LogP contribution is -2.31. The van der Waals surface area contributed by atoms with Crippen molar-refractivity contribution >= 4 is 15.9 Å². The molecule has 1 N–H and O–H groups in total. The van der Waals surface area contributed by atoms with Crippen LogP contribution < -0.4 is 4.72 Å². The summed E-state index contributed by atoms with van der Waals surface area (Å²) in [6.45, 7) is 3.33. The molecule has 0 bridgehead atoms. The number of benzene rings is 2. The van der Waals surface area contributed by atoms with Crippen LogP contribution in [0.5, 0.6) is 0 Å². The lowest BCUT2D eigenvalue weighted by atomic mass is 10.0. The Balaban J connectivity index is 1.84. The van der Waals surface area contributed by atoms with Gasteiger partial charge in [0.05, 0.1) is 23.7 Å². The number of hydrogen-bond acceptors (Lipinski definition) is 4. The van der Waals surface area contributed by atoms with Gasteiger partial charge in [-0.2, -0.15) is 0 Å². The van der Waals surface area contributed by atoms with Crippen LogP contribution in [0.3, 0.4) is 0 Å². The summed E-state index contributed by atoms with van der Waals surface area (Å²) < 4.78 is 59.7. The molecule has 0 spiro atoms. The molecule has 9 heteroatoms. The number of nitrogens with zero attached hydrogens (tertiary/aromatic N) is 1. The SMILES string of the molecule is Cc1ccc(S(=O)(=O)NCc2ccco2)cc1C(=O)N(C)C(C)c1ccc(F)c(F)c1. The highest BCUT2D eigenvalue weighted by Gasteiger charge is 2.24. The van der Waals surface area contributed by atoms with Gasteiger partial charge in [-0.25, -0.2) is 21.9 Å². The van der Waals surface area contributed by atoms with E-state index < -0.39 is 33.6 Å². The quantitative estimate of drug-likeness (QED) is 0.588. The summed E-state index contributed by atoms with van der Waals surface area (Å²) >= 11 is 0. The third kappa shape index (κ3) is 5.00. The molecule has 0 aliphatic heterocycles. The number of carbonyl (C=O) groups is 1. The Kier molecular flexibility index (Phi) is 6.56. The van der Waals surface area contributed by atoms with Crippen molar-refractivity contribution in [3.05, 3.63) is 88.9 Å². The number of amides is 1. The van der Waals surface area contributed by atoms with Crippen LogP contribution in [-0.4, -0.2) is 26.3 Å². The van der Waals surface area contributed by atoms with E-state index >= 15 is 0 Å². The van der Waals surface area contributed by atoms with Crippen molar-refractivity contribution in [1.29, 1.82) is 0 Å². The number of halogens is 2. The number of nitrogens with one attached hydrogen (secondary N) is 1. The van der Waals surface area contributed by atoms with Crippen LogP contribution in [0.15, 0.2) is 64.1 Å². The summed E-state index contributed by atoms with van der Waals surface area (Å²) in [4.78, 5) is 14.4. The monoisotopic (exact) mass is 448 g/mol. The van der Waals surface area contributed by atoms with E-state index in [0.717, 1.165) is 12.1 Å². The number of furan rings is 1. The molecule has 2 aromatic carbocycles. The molecular formula is C22H22F2N2O4S. The van der Waals surface area contributed by atoms with E-state index in [0.29, 0.717) is 16.9 Å². The summed E-state index contributed by atoms with van der Waals surface area (Å²) in [5, 5.41) is 0. The van der Waals surface area contributed by atoms with Gasteiger partial charge in [-0.1, -0.05) is 12.1 Å². The Morgan fingerprint density at radius 1 is 1.13 bits per heavy atom. The molecule has 1 heterocycles. The average molecular weight is 448 g/mol. The Bertz CT molecular complexity index is 1190. The fourth-order valence-corrected chi connectivity index (χ4v) is 4.04. The standard InChI is InChI=1S/C22H22F2N2O4S/c1-14-6-8-18(31(28,29)25-13-17-5-4-10-30-17)12-19(14)22(27)26(3)15(2)16-7-9-20(23)21(24)11-16/h4-12,15,25H,13H2,1-3H3. The molecular weight excluding hydrogens is 426 g/mol. The minimum atomic E-state index is -3.89. The van der Waals surface area contributed by atoms with Crippen molar-refractivity contribution in [2.75, 3.05) is 7.05 Å². The predicted octanol–water partition coefficient (Wildman–Crippen LogP) is 4.18. The van der Waals surface area contributed by atoms with Gasteiger partial charge in [0.25, 0.3) is 5.91 Å². The molecule has 0 saturated carbocycles. The van der Waals surface area contributed by atoms with Crippen molar-refractivity contribution in [2.45, 2.75) is 31.3 Å². The molecule has 31 heavy (non-hydrogen) atoms. The third-order valence-corrected chi connectivity index (χ3v) is 6.49. The third-order valence-electron chi connectivity index (χ3n) is 5.09. The summed E-state index contributed by atoms with van der Waals surface area (Å²) in [6, 6.07) is 10.4. The van der Waals surface area contributed by atoms with E-state index in [1.54, 1.807) is 32.0 Å². The van der Waals surface area contributed by atoms with Crippen molar-refractivity contribution in [3.63, 3.8) is 0 Å². The van der Waals surface area contributed by atoms with E-state index in [1.165, 1.54) is 36.4 Å². The van der Waals surface area contributed by atoms with Gasteiger partial charge in [-0.3, -0.25) is 4.79 Å². The molecule has 0 radical (unpaired) electrons. The first-order chi connectivity index (χ1) is 14.6. The Morgan fingerprint density at radius 2 is 1.87 bits per heavy atom. The van der Waals surface area contributed by atoms with Gasteiger partial charge in [0.15, 0.2) is 11.6 Å². The summed E-state index contributed by atoms with van der Waals surface area (Å²) in [5.74, 6) is -1.97. The Labute approximate surface area is 179 Å². The van der Waals surface area contributed by atoms with Gasteiger partial charge in [-0.15, -0.1) is 0 Å². The first kappa shape index (κ1) is 22.6. The van der Waals surface area contributed by atoms with Gasteiger partial charge < -0.3 is 9.32 Å². The average Bonchev–Trinajstić information content (AvgIpc) is 3.27. The molecule has 164 valence electrons. The molecule has 0 aliphatic rings. The molecule has 1 atom stereocenters. The number of rotatable bonds is 7. The summed E-state index contributed by atoms with van der Waals surface area (Å²) in [7, 11) is -2.37. The first-order valence-electron chi connectivity index (χ1n) is 9.45. The van der Waals surface area contributed by atoms with Crippen LogP contribution >= 0.6 is 0 Å². The van der Waals surface area contributed by atoms with Crippen LogP contribution in [0.25, 0.3) is 0 Å². The van der Waals surface area contributed by atoms with Crippen LogP contribution in [0, 0.1) is 18.6 Å². The zero-order valence-electron chi connectivity index (χ0n) is 17.2. The highest BCUT2D eigenvalue weighted by molar-refractivity contribution is 7.89. The Morgan fingerprint density at radius 3 is 2.52 bits per heavy atom. The van der Waals surface area contributed by atoms with Crippen molar-refractivity contribution in [1.82, 2.24) is 9.62 Å². The van der Waals surface area contributed by atoms with Gasteiger partial charge in [0.2, 0.25) is 10.0 Å². The second-order valence-corrected chi connectivity index (χ2v) is 8.91. The summed E-state index contributed by atoms with van der Waals surface area (Å²) in [6.07, 6.45) is 1.44. The molecule has 6 nitrogen and oxygen atoms in total. The fourth-order valence-electron chi connectivity index (χ4n) is 3.02. The lowest BCUT2D eigenvalue weighted by Gasteiger charge is -2.26. The van der Waals surface area contributed by atoms with E-state index in [4.69, 9.17) is 4.42 Å². The maximum absolute atomic E-state index is 13.6. The minimum Gasteiger partial charge on any atom is -0.468 e. The predicted molar refractivity (Wildman–Crippen MR) is 111 cm³/mol. The smallest absolute Gasteiger partial charge is 0.254 e. The van der Waals surface area contributed by atoms with Gasteiger partial charge in [0.1, 0.15) is 5.76 Å². The van der Waals surface area contributed by atoms with Crippen molar-refractivity contribution in [3.8, 4) is 0 Å². The van der Waals surface area contributed by atoms with Crippen LogP contribution in [0.1, 0.15) is 40.2 Å². The molecule has 3 aromatic rings. The van der Waals surface area contributed by atoms with Crippen LogP contribution in [-0.2, 0) is 16.6 Å². The van der Waals surface area contributed by atoms with Gasteiger partial charge in [-0.05, 0) is 61.4 Å². The van der Waals surface area contributed by atoms with E-state index in [-0.39, 0.29) is 17.0 Å². The number of hydrogen-bond donors (Lipinski definition) is 1. The lowest BCUT2D eigenvalue weighted by molar-refractivity contribution is 0.0741. The zero-order valence-corrected chi connectivity index (χ0v) is 18.0. The zero-order chi connectivity index (χ0) is 22.8. The van der Waals surface area contributed by atoms with Gasteiger partial charge >= 0.3 is 0 Å². The fraction of sp³-hybridized carbons (Fsp3) is 0.227. The maximum atomic E-state index is 13.6. The van der Waals surface area contributed by atoms with E-state index in [9.17, 15) is 22.0 Å². The number of sulfonamides is 1. The minimum absolute atomic E-state index is 0.0282. The van der Waals surface area contributed by atoms with E-state index in [1.807, 2.05) is 0 Å². The van der Waals surface area contributed by atoms with Gasteiger partial charge in [0, 0.05) is 12.6 Å². The second-order valence-electron chi connectivity index (χ2n) is 7.15. The largest absolute Gasteiger partial charge is 0.468 e. The Hall–Kier alpha value is -3.04. The van der Waals surface area contributed by atoms with E-state index in [2.05, 4.69) is 4.72 Å². The van der Waals surface area contributed by atoms with Crippen molar-refractivity contribution in [2.24, 2.45) is 0 Å². The first-order valence-corrected chi connectivity index (χ1v) is 10.9. The molecule has 3 rings (SSSR count). The topological polar surface area (TPSA) is 79.6 Å². The normalized spacial score (nSPS) is 12.5. The molecule has 0 aliphatic carbocycles. The molecule has 0 fully saturated rings. The summed E-state index contributed by atoms with van der Waals surface area (Å²) in [5.41, 5.74) is 1.19. The highest BCUT2D eigenvalue weighted by Crippen LogP contribution is 2.25. The second kappa shape index (κ2) is 8.99. The number of carbonyl (C=O) groups excluding carboxylic acids is 1. The maximum Gasteiger partial charge on any atom is 0.254 e. The van der Waals surface area contributed by atoms with Crippen LogP contribution in [0.4, 0.5) is 8.78 Å². The molecule has 1 unspecified atom stereocenters. The molecule has 1 aromatic heterocycles. The highest BCUT2D eigenvalue weighted by atomic mass is 32.2. The van der Waals surface area contributed by atoms with Crippen LogP contribution in [0.2, 0.25) is 0 Å². The van der Waals surface area contributed by atoms with Crippen molar-refractivity contribution < 1.29 is 26.4 Å². The molecule has 1 amide bonds. The number of aryl methyl sites for hydroxylation is 1.